The maximum absolute atomic E-state index is 12.6. The third-order valence-corrected chi connectivity index (χ3v) is 4.69. The quantitative estimate of drug-likeness (QED) is 0.750. The second-order valence-corrected chi connectivity index (χ2v) is 6.54. The molecule has 1 amide bonds. The van der Waals surface area contributed by atoms with Gasteiger partial charge in [-0.1, -0.05) is 31.2 Å². The van der Waals surface area contributed by atoms with Crippen LogP contribution in [0, 0.1) is 0 Å². The van der Waals surface area contributed by atoms with Crippen molar-refractivity contribution in [2.24, 2.45) is 0 Å². The molecule has 0 saturated carbocycles. The zero-order valence-corrected chi connectivity index (χ0v) is 14.3. The highest BCUT2D eigenvalue weighted by Crippen LogP contribution is 2.13. The molecule has 2 heterocycles. The van der Waals surface area contributed by atoms with Crippen LogP contribution in [0.3, 0.4) is 0 Å². The summed E-state index contributed by atoms with van der Waals surface area (Å²) in [6.45, 7) is 3.02. The van der Waals surface area contributed by atoms with Gasteiger partial charge in [-0.05, 0) is 30.4 Å². The molecule has 0 aliphatic heterocycles. The molecule has 24 heavy (non-hydrogen) atoms. The molecular weight excluding hydrogens is 322 g/mol. The largest absolute Gasteiger partial charge is 0.350 e. The Balaban J connectivity index is 1.88. The first-order valence-corrected chi connectivity index (χ1v) is 8.89. The lowest BCUT2D eigenvalue weighted by atomic mass is 10.1. The summed E-state index contributed by atoms with van der Waals surface area (Å²) in [4.78, 5) is 26.2. The molecule has 1 N–H and O–H groups in total. The van der Waals surface area contributed by atoms with Gasteiger partial charge in [-0.25, -0.2) is 4.68 Å². The summed E-state index contributed by atoms with van der Waals surface area (Å²) in [5.74, 6) is -0.243. The minimum Gasteiger partial charge on any atom is -0.350 e. The van der Waals surface area contributed by atoms with Gasteiger partial charge in [0.1, 0.15) is 0 Å². The molecule has 124 valence electrons. The van der Waals surface area contributed by atoms with Crippen molar-refractivity contribution in [1.29, 1.82) is 0 Å². The predicted molar refractivity (Wildman–Crippen MR) is 96.7 cm³/mol. The van der Waals surface area contributed by atoms with Crippen molar-refractivity contribution in [3.8, 4) is 0 Å². The number of aromatic nitrogens is 2. The van der Waals surface area contributed by atoms with Crippen molar-refractivity contribution in [3.05, 3.63) is 62.7 Å². The molecule has 1 aromatic carbocycles. The monoisotopic (exact) mass is 341 g/mol. The van der Waals surface area contributed by atoms with E-state index in [4.69, 9.17) is 0 Å². The van der Waals surface area contributed by atoms with Crippen LogP contribution in [0.2, 0.25) is 0 Å². The highest BCUT2D eigenvalue weighted by Gasteiger charge is 2.16. The lowest BCUT2D eigenvalue weighted by Crippen LogP contribution is -2.31. The van der Waals surface area contributed by atoms with Crippen molar-refractivity contribution in [3.63, 3.8) is 0 Å². The molecule has 0 aliphatic rings. The summed E-state index contributed by atoms with van der Waals surface area (Å²) in [6.07, 6.45) is 1.57. The molecule has 0 aliphatic carbocycles. The fourth-order valence-electron chi connectivity index (χ4n) is 2.60. The van der Waals surface area contributed by atoms with Crippen molar-refractivity contribution in [2.45, 2.75) is 26.3 Å². The topological polar surface area (TPSA) is 64.0 Å². The van der Waals surface area contributed by atoms with Crippen LogP contribution in [0.4, 0.5) is 0 Å². The SMILES string of the molecule is CCCn1nc(C(=O)NCCc2cccs2)c2ccccc2c1=O. The van der Waals surface area contributed by atoms with Crippen LogP contribution in [0.25, 0.3) is 10.8 Å². The van der Waals surface area contributed by atoms with Gasteiger partial charge in [-0.15, -0.1) is 11.3 Å². The molecule has 0 unspecified atom stereocenters. The second-order valence-electron chi connectivity index (χ2n) is 5.51. The number of carbonyl (C=O) groups is 1. The van der Waals surface area contributed by atoms with E-state index in [0.29, 0.717) is 29.6 Å². The van der Waals surface area contributed by atoms with E-state index in [1.165, 1.54) is 9.56 Å². The summed E-state index contributed by atoms with van der Waals surface area (Å²) in [5.41, 5.74) is 0.160. The van der Waals surface area contributed by atoms with Gasteiger partial charge >= 0.3 is 0 Å². The normalized spacial score (nSPS) is 10.9. The molecule has 0 saturated heterocycles. The Kier molecular flexibility index (Phi) is 5.05. The number of hydrogen-bond donors (Lipinski definition) is 1. The summed E-state index contributed by atoms with van der Waals surface area (Å²) < 4.78 is 1.39. The standard InChI is InChI=1S/C18H19N3O2S/c1-2-11-21-18(23)15-8-4-3-7-14(15)16(20-21)17(22)19-10-9-13-6-5-12-24-13/h3-8,12H,2,9-11H2,1H3,(H,19,22). The van der Waals surface area contributed by atoms with Gasteiger partial charge in [-0.2, -0.15) is 5.10 Å². The summed E-state index contributed by atoms with van der Waals surface area (Å²) >= 11 is 1.67. The summed E-state index contributed by atoms with van der Waals surface area (Å²) in [6, 6.07) is 11.2. The number of hydrogen-bond acceptors (Lipinski definition) is 4. The smallest absolute Gasteiger partial charge is 0.274 e. The van der Waals surface area contributed by atoms with E-state index in [9.17, 15) is 9.59 Å². The number of aryl methyl sites for hydroxylation is 1. The Hall–Kier alpha value is -2.47. The second kappa shape index (κ2) is 7.40. The first-order chi connectivity index (χ1) is 11.7. The van der Waals surface area contributed by atoms with E-state index in [2.05, 4.69) is 10.4 Å². The Labute approximate surface area is 143 Å². The van der Waals surface area contributed by atoms with Crippen molar-refractivity contribution in [1.82, 2.24) is 15.1 Å². The van der Waals surface area contributed by atoms with E-state index in [-0.39, 0.29) is 11.5 Å². The fourth-order valence-corrected chi connectivity index (χ4v) is 3.31. The van der Waals surface area contributed by atoms with Gasteiger partial charge in [0.25, 0.3) is 11.5 Å². The number of rotatable bonds is 6. The Bertz CT molecular complexity index is 900. The Morgan fingerprint density at radius 1 is 1.21 bits per heavy atom. The first-order valence-electron chi connectivity index (χ1n) is 8.01. The minimum absolute atomic E-state index is 0.150. The van der Waals surface area contributed by atoms with Crippen LogP contribution in [0.5, 0.6) is 0 Å². The van der Waals surface area contributed by atoms with E-state index < -0.39 is 0 Å². The molecule has 6 heteroatoms. The number of nitrogens with one attached hydrogen (secondary N) is 1. The Morgan fingerprint density at radius 3 is 2.71 bits per heavy atom. The van der Waals surface area contributed by atoms with Crippen LogP contribution in [-0.4, -0.2) is 22.2 Å². The van der Waals surface area contributed by atoms with Crippen LogP contribution in [-0.2, 0) is 13.0 Å². The molecule has 0 spiro atoms. The van der Waals surface area contributed by atoms with Crippen LogP contribution < -0.4 is 10.9 Å². The number of benzene rings is 1. The minimum atomic E-state index is -0.243. The Morgan fingerprint density at radius 2 is 2.00 bits per heavy atom. The number of carbonyl (C=O) groups excluding carboxylic acids is 1. The molecule has 3 aromatic rings. The molecule has 0 fully saturated rings. The zero-order valence-electron chi connectivity index (χ0n) is 13.5. The van der Waals surface area contributed by atoms with Gasteiger partial charge in [0.05, 0.1) is 5.39 Å². The summed E-state index contributed by atoms with van der Waals surface area (Å²) in [5, 5.41) is 10.4. The van der Waals surface area contributed by atoms with Crippen LogP contribution >= 0.6 is 11.3 Å². The van der Waals surface area contributed by atoms with E-state index in [0.717, 1.165) is 12.8 Å². The van der Waals surface area contributed by atoms with E-state index >= 15 is 0 Å². The van der Waals surface area contributed by atoms with Crippen LogP contribution in [0.15, 0.2) is 46.6 Å². The average Bonchev–Trinajstić information content (AvgIpc) is 3.11. The number of thiophene rings is 1. The fraction of sp³-hybridized carbons (Fsp3) is 0.278. The molecule has 0 bridgehead atoms. The van der Waals surface area contributed by atoms with Gasteiger partial charge in [0.2, 0.25) is 0 Å². The number of fused-ring (bicyclic) bond motifs is 1. The van der Waals surface area contributed by atoms with E-state index in [1.54, 1.807) is 29.5 Å². The highest BCUT2D eigenvalue weighted by atomic mass is 32.1. The highest BCUT2D eigenvalue weighted by molar-refractivity contribution is 7.09. The van der Waals surface area contributed by atoms with Gasteiger partial charge in [0, 0.05) is 23.4 Å². The van der Waals surface area contributed by atoms with Crippen molar-refractivity contribution < 1.29 is 4.79 Å². The van der Waals surface area contributed by atoms with Crippen LogP contribution in [0.1, 0.15) is 28.7 Å². The average molecular weight is 341 g/mol. The molecular formula is C18H19N3O2S. The van der Waals surface area contributed by atoms with Crippen molar-refractivity contribution in [2.75, 3.05) is 6.54 Å². The number of amides is 1. The lowest BCUT2D eigenvalue weighted by Gasteiger charge is -2.10. The molecule has 3 rings (SSSR count). The van der Waals surface area contributed by atoms with E-state index in [1.807, 2.05) is 30.5 Å². The third-order valence-electron chi connectivity index (χ3n) is 3.76. The van der Waals surface area contributed by atoms with Gasteiger partial charge in [0.15, 0.2) is 5.69 Å². The molecule has 2 aromatic heterocycles. The maximum atomic E-state index is 12.6. The van der Waals surface area contributed by atoms with Crippen molar-refractivity contribution >= 4 is 28.0 Å². The van der Waals surface area contributed by atoms with Gasteiger partial charge in [-0.3, -0.25) is 9.59 Å². The molecule has 0 atom stereocenters. The molecule has 5 nitrogen and oxygen atoms in total. The predicted octanol–water partition coefficient (Wildman–Crippen LogP) is 2.84. The van der Waals surface area contributed by atoms with Gasteiger partial charge < -0.3 is 5.32 Å². The first kappa shape index (κ1) is 16.4. The summed E-state index contributed by atoms with van der Waals surface area (Å²) in [7, 11) is 0. The maximum Gasteiger partial charge on any atom is 0.274 e. The zero-order chi connectivity index (χ0) is 16.9. The lowest BCUT2D eigenvalue weighted by molar-refractivity contribution is 0.0948. The third kappa shape index (κ3) is 3.38. The molecule has 0 radical (unpaired) electrons. The number of nitrogens with zero attached hydrogens (tertiary/aromatic N) is 2.